The Hall–Kier alpha value is -1.25. The van der Waals surface area contributed by atoms with Crippen molar-refractivity contribution >= 4 is 5.91 Å². The van der Waals surface area contributed by atoms with Gasteiger partial charge in [-0.3, -0.25) is 4.79 Å². The fourth-order valence-electron chi connectivity index (χ4n) is 0.888. The molecule has 1 heterocycles. The zero-order valence-electron chi connectivity index (χ0n) is 6.58. The summed E-state index contributed by atoms with van der Waals surface area (Å²) in [6.07, 6.45) is 7.82. The van der Waals surface area contributed by atoms with Gasteiger partial charge in [0.05, 0.1) is 6.54 Å². The maximum Gasteiger partial charge on any atom is 0.239 e. The molecule has 1 rings (SSSR count). The van der Waals surface area contributed by atoms with E-state index in [1.807, 2.05) is 29.3 Å². The van der Waals surface area contributed by atoms with Crippen LogP contribution in [-0.4, -0.2) is 30.9 Å². The third-order valence-electron chi connectivity index (χ3n) is 1.51. The van der Waals surface area contributed by atoms with E-state index in [0.717, 1.165) is 6.54 Å². The van der Waals surface area contributed by atoms with Crippen LogP contribution in [0.4, 0.5) is 0 Å². The lowest BCUT2D eigenvalue weighted by molar-refractivity contribution is -0.121. The smallest absolute Gasteiger partial charge is 0.239 e. The lowest BCUT2D eigenvalue weighted by Crippen LogP contribution is -2.32. The molecule has 3 heteroatoms. The van der Waals surface area contributed by atoms with Gasteiger partial charge in [-0.15, -0.1) is 0 Å². The number of likely N-dealkylation sites (N-methyl/N-ethyl adjacent to an activating group) is 1. The minimum Gasteiger partial charge on any atom is -0.364 e. The SMILES string of the molecule is CNC(=O)CN1C=CC=CC1. The lowest BCUT2D eigenvalue weighted by atomic mass is 10.3. The van der Waals surface area contributed by atoms with Crippen molar-refractivity contribution in [2.24, 2.45) is 0 Å². The van der Waals surface area contributed by atoms with Crippen LogP contribution in [0.5, 0.6) is 0 Å². The standard InChI is InChI=1S/C8H12N2O/c1-9-8(11)7-10-5-3-2-4-6-10/h2-5H,6-7H2,1H3,(H,9,11). The van der Waals surface area contributed by atoms with E-state index < -0.39 is 0 Å². The number of amides is 1. The number of allylic oxidation sites excluding steroid dienone is 2. The first-order valence-corrected chi connectivity index (χ1v) is 3.61. The van der Waals surface area contributed by atoms with E-state index in [9.17, 15) is 4.79 Å². The maximum atomic E-state index is 10.9. The van der Waals surface area contributed by atoms with E-state index in [1.54, 1.807) is 7.05 Å². The molecule has 0 aliphatic carbocycles. The van der Waals surface area contributed by atoms with Gasteiger partial charge in [0.15, 0.2) is 0 Å². The fraction of sp³-hybridized carbons (Fsp3) is 0.375. The summed E-state index contributed by atoms with van der Waals surface area (Å²) < 4.78 is 0. The van der Waals surface area contributed by atoms with Crippen LogP contribution >= 0.6 is 0 Å². The van der Waals surface area contributed by atoms with E-state index >= 15 is 0 Å². The first-order valence-electron chi connectivity index (χ1n) is 3.61. The second kappa shape index (κ2) is 3.81. The second-order valence-electron chi connectivity index (χ2n) is 2.37. The summed E-state index contributed by atoms with van der Waals surface area (Å²) in [5.41, 5.74) is 0. The number of carbonyl (C=O) groups is 1. The normalized spacial score (nSPS) is 15.2. The molecule has 0 radical (unpaired) electrons. The van der Waals surface area contributed by atoms with Gasteiger partial charge in [-0.1, -0.05) is 12.2 Å². The minimum atomic E-state index is 0.0463. The van der Waals surface area contributed by atoms with Crippen LogP contribution in [-0.2, 0) is 4.79 Å². The van der Waals surface area contributed by atoms with Crippen LogP contribution in [0, 0.1) is 0 Å². The van der Waals surface area contributed by atoms with Gasteiger partial charge in [0.2, 0.25) is 5.91 Å². The van der Waals surface area contributed by atoms with Crippen LogP contribution in [0.3, 0.4) is 0 Å². The predicted molar refractivity (Wildman–Crippen MR) is 43.9 cm³/mol. The van der Waals surface area contributed by atoms with Gasteiger partial charge in [-0.2, -0.15) is 0 Å². The van der Waals surface area contributed by atoms with Gasteiger partial charge in [-0.25, -0.2) is 0 Å². The van der Waals surface area contributed by atoms with Gasteiger partial charge in [0, 0.05) is 13.6 Å². The highest BCUT2D eigenvalue weighted by Gasteiger charge is 2.03. The number of rotatable bonds is 2. The molecule has 1 aliphatic rings. The summed E-state index contributed by atoms with van der Waals surface area (Å²) in [5.74, 6) is 0.0463. The average molecular weight is 152 g/mol. The molecule has 0 saturated heterocycles. The quantitative estimate of drug-likeness (QED) is 0.609. The van der Waals surface area contributed by atoms with Crippen LogP contribution < -0.4 is 5.32 Å². The molecule has 0 fully saturated rings. The Labute approximate surface area is 66.4 Å². The van der Waals surface area contributed by atoms with Crippen molar-refractivity contribution in [1.29, 1.82) is 0 Å². The van der Waals surface area contributed by atoms with Gasteiger partial charge in [0.25, 0.3) is 0 Å². The highest BCUT2D eigenvalue weighted by molar-refractivity contribution is 5.77. The van der Waals surface area contributed by atoms with Crippen LogP contribution in [0.1, 0.15) is 0 Å². The van der Waals surface area contributed by atoms with E-state index in [1.165, 1.54) is 0 Å². The Bertz CT molecular complexity index is 196. The number of carbonyl (C=O) groups excluding carboxylic acids is 1. The molecule has 0 aromatic rings. The van der Waals surface area contributed by atoms with Crippen molar-refractivity contribution in [3.63, 3.8) is 0 Å². The largest absolute Gasteiger partial charge is 0.364 e. The van der Waals surface area contributed by atoms with Crippen molar-refractivity contribution in [1.82, 2.24) is 10.2 Å². The molecule has 1 N–H and O–H groups in total. The molecule has 0 aromatic carbocycles. The molecular formula is C8H12N2O. The average Bonchev–Trinajstić information content (AvgIpc) is 2.06. The third-order valence-corrected chi connectivity index (χ3v) is 1.51. The zero-order valence-corrected chi connectivity index (χ0v) is 6.58. The van der Waals surface area contributed by atoms with E-state index in [2.05, 4.69) is 5.32 Å². The van der Waals surface area contributed by atoms with Crippen LogP contribution in [0.25, 0.3) is 0 Å². The second-order valence-corrected chi connectivity index (χ2v) is 2.37. The molecule has 3 nitrogen and oxygen atoms in total. The van der Waals surface area contributed by atoms with E-state index in [4.69, 9.17) is 0 Å². The summed E-state index contributed by atoms with van der Waals surface area (Å²) in [6.45, 7) is 1.27. The van der Waals surface area contributed by atoms with Gasteiger partial charge >= 0.3 is 0 Å². The number of nitrogens with zero attached hydrogens (tertiary/aromatic N) is 1. The Balaban J connectivity index is 2.33. The van der Waals surface area contributed by atoms with Crippen molar-refractivity contribution in [3.05, 3.63) is 24.4 Å². The lowest BCUT2D eigenvalue weighted by Gasteiger charge is -2.18. The van der Waals surface area contributed by atoms with Crippen molar-refractivity contribution < 1.29 is 4.79 Å². The molecule has 0 bridgehead atoms. The Morgan fingerprint density at radius 3 is 3.00 bits per heavy atom. The van der Waals surface area contributed by atoms with Crippen molar-refractivity contribution in [3.8, 4) is 0 Å². The Kier molecular flexibility index (Phi) is 2.72. The number of nitrogens with one attached hydrogen (secondary N) is 1. The zero-order chi connectivity index (χ0) is 8.10. The van der Waals surface area contributed by atoms with Crippen LogP contribution in [0.15, 0.2) is 24.4 Å². The molecule has 0 aromatic heterocycles. The summed E-state index contributed by atoms with van der Waals surface area (Å²) in [7, 11) is 1.64. The van der Waals surface area contributed by atoms with Gasteiger partial charge in [0.1, 0.15) is 0 Å². The molecule has 1 amide bonds. The summed E-state index contributed by atoms with van der Waals surface area (Å²) in [6, 6.07) is 0. The number of hydrogen-bond donors (Lipinski definition) is 1. The first kappa shape index (κ1) is 7.85. The molecule has 0 spiro atoms. The molecule has 11 heavy (non-hydrogen) atoms. The third kappa shape index (κ3) is 2.45. The highest BCUT2D eigenvalue weighted by atomic mass is 16.1. The molecular weight excluding hydrogens is 140 g/mol. The number of hydrogen-bond acceptors (Lipinski definition) is 2. The summed E-state index contributed by atoms with van der Waals surface area (Å²) >= 11 is 0. The summed E-state index contributed by atoms with van der Waals surface area (Å²) in [5, 5.41) is 2.57. The molecule has 0 atom stereocenters. The maximum absolute atomic E-state index is 10.9. The Morgan fingerprint density at radius 1 is 1.64 bits per heavy atom. The Morgan fingerprint density at radius 2 is 2.45 bits per heavy atom. The minimum absolute atomic E-state index is 0.0463. The molecule has 1 aliphatic heterocycles. The topological polar surface area (TPSA) is 32.3 Å². The van der Waals surface area contributed by atoms with Crippen molar-refractivity contribution in [2.75, 3.05) is 20.1 Å². The first-order chi connectivity index (χ1) is 5.33. The molecule has 0 unspecified atom stereocenters. The predicted octanol–water partition coefficient (Wildman–Crippen LogP) is 0.118. The molecule has 0 saturated carbocycles. The van der Waals surface area contributed by atoms with Crippen molar-refractivity contribution in [2.45, 2.75) is 0 Å². The van der Waals surface area contributed by atoms with E-state index in [-0.39, 0.29) is 5.91 Å². The fourth-order valence-corrected chi connectivity index (χ4v) is 0.888. The monoisotopic (exact) mass is 152 g/mol. The van der Waals surface area contributed by atoms with E-state index in [0.29, 0.717) is 6.54 Å². The summed E-state index contributed by atoms with van der Waals surface area (Å²) in [4.78, 5) is 12.8. The highest BCUT2D eigenvalue weighted by Crippen LogP contribution is 1.96. The van der Waals surface area contributed by atoms with Gasteiger partial charge in [-0.05, 0) is 12.3 Å². The van der Waals surface area contributed by atoms with Crippen LogP contribution in [0.2, 0.25) is 0 Å². The molecule has 60 valence electrons. The van der Waals surface area contributed by atoms with Gasteiger partial charge < -0.3 is 10.2 Å².